The lowest BCUT2D eigenvalue weighted by Crippen LogP contribution is -2.37. The zero-order valence-electron chi connectivity index (χ0n) is 12.1. The van der Waals surface area contributed by atoms with Gasteiger partial charge in [0.1, 0.15) is 5.75 Å². The van der Waals surface area contributed by atoms with E-state index in [9.17, 15) is 0 Å². The minimum absolute atomic E-state index is 0.665. The van der Waals surface area contributed by atoms with E-state index in [0.717, 1.165) is 30.2 Å². The van der Waals surface area contributed by atoms with Gasteiger partial charge in [-0.2, -0.15) is 0 Å². The van der Waals surface area contributed by atoms with Crippen LogP contribution < -0.4 is 15.4 Å². The first-order chi connectivity index (χ1) is 9.71. The number of nitrogens with zero attached hydrogens (tertiary/aromatic N) is 1. The Hall–Kier alpha value is -1.68. The highest BCUT2D eigenvalue weighted by atomic mass is 35.5. The fraction of sp³-hybridized carbons (Fsp3) is 0.400. The van der Waals surface area contributed by atoms with Crippen molar-refractivity contribution in [3.05, 3.63) is 41.4 Å². The molecule has 0 radical (unpaired) electrons. The predicted octanol–water partition coefficient (Wildman–Crippen LogP) is 2.63. The van der Waals surface area contributed by atoms with Crippen LogP contribution in [0.15, 0.2) is 35.8 Å². The monoisotopic (exact) mass is 295 g/mol. The van der Waals surface area contributed by atoms with Crippen LogP contribution in [-0.2, 0) is 6.42 Å². The Bertz CT molecular complexity index is 460. The molecule has 0 bridgehead atoms. The molecule has 0 aliphatic rings. The maximum atomic E-state index is 6.20. The number of ether oxygens (including phenoxy) is 1. The topological polar surface area (TPSA) is 45.7 Å². The van der Waals surface area contributed by atoms with Crippen molar-refractivity contribution < 1.29 is 4.74 Å². The number of hydrogen-bond donors (Lipinski definition) is 2. The number of aliphatic imine (C=N–C) groups is 1. The molecule has 0 atom stereocenters. The van der Waals surface area contributed by atoms with Gasteiger partial charge in [0, 0.05) is 24.7 Å². The van der Waals surface area contributed by atoms with Gasteiger partial charge in [0.25, 0.3) is 0 Å². The molecular weight excluding hydrogens is 274 g/mol. The number of hydrogen-bond acceptors (Lipinski definition) is 2. The summed E-state index contributed by atoms with van der Waals surface area (Å²) in [6.07, 6.45) is 2.58. The average Bonchev–Trinajstić information content (AvgIpc) is 2.46. The van der Waals surface area contributed by atoms with Crippen molar-refractivity contribution in [1.29, 1.82) is 0 Å². The van der Waals surface area contributed by atoms with E-state index in [0.29, 0.717) is 18.1 Å². The average molecular weight is 296 g/mol. The van der Waals surface area contributed by atoms with Gasteiger partial charge in [0.15, 0.2) is 5.96 Å². The van der Waals surface area contributed by atoms with Crippen molar-refractivity contribution in [1.82, 2.24) is 10.6 Å². The SMILES string of the molecule is C=CCNC(=NCCc1ccc(OC)cc1Cl)NCC. The Labute approximate surface area is 125 Å². The molecule has 1 rings (SSSR count). The van der Waals surface area contributed by atoms with Gasteiger partial charge < -0.3 is 15.4 Å². The maximum absolute atomic E-state index is 6.20. The van der Waals surface area contributed by atoms with Gasteiger partial charge in [0.2, 0.25) is 0 Å². The summed E-state index contributed by atoms with van der Waals surface area (Å²) >= 11 is 6.20. The predicted molar refractivity (Wildman–Crippen MR) is 85.9 cm³/mol. The molecule has 0 heterocycles. The Morgan fingerprint density at radius 2 is 2.25 bits per heavy atom. The lowest BCUT2D eigenvalue weighted by molar-refractivity contribution is 0.414. The van der Waals surface area contributed by atoms with E-state index >= 15 is 0 Å². The van der Waals surface area contributed by atoms with E-state index in [1.165, 1.54) is 0 Å². The number of rotatable bonds is 7. The first kappa shape index (κ1) is 16.4. The van der Waals surface area contributed by atoms with Crippen LogP contribution in [0.5, 0.6) is 5.75 Å². The maximum Gasteiger partial charge on any atom is 0.191 e. The van der Waals surface area contributed by atoms with Crippen LogP contribution in [0.3, 0.4) is 0 Å². The van der Waals surface area contributed by atoms with E-state index < -0.39 is 0 Å². The third-order valence-electron chi connectivity index (χ3n) is 2.67. The summed E-state index contributed by atoms with van der Waals surface area (Å²) in [6, 6.07) is 5.70. The molecule has 0 aromatic heterocycles. The van der Waals surface area contributed by atoms with Crippen molar-refractivity contribution in [2.45, 2.75) is 13.3 Å². The minimum atomic E-state index is 0.665. The lowest BCUT2D eigenvalue weighted by atomic mass is 10.1. The van der Waals surface area contributed by atoms with Gasteiger partial charge in [-0.15, -0.1) is 6.58 Å². The van der Waals surface area contributed by atoms with E-state index in [1.54, 1.807) is 13.2 Å². The highest BCUT2D eigenvalue weighted by Gasteiger charge is 2.02. The van der Waals surface area contributed by atoms with Crippen molar-refractivity contribution in [2.75, 3.05) is 26.7 Å². The van der Waals surface area contributed by atoms with E-state index in [2.05, 4.69) is 22.2 Å². The Balaban J connectivity index is 2.58. The smallest absolute Gasteiger partial charge is 0.191 e. The molecular formula is C15H22ClN3O. The van der Waals surface area contributed by atoms with Crippen molar-refractivity contribution in [3.8, 4) is 5.75 Å². The molecule has 1 aromatic rings. The van der Waals surface area contributed by atoms with Crippen LogP contribution in [0, 0.1) is 0 Å². The van der Waals surface area contributed by atoms with E-state index in [4.69, 9.17) is 16.3 Å². The summed E-state index contributed by atoms with van der Waals surface area (Å²) in [5.41, 5.74) is 1.07. The third kappa shape index (κ3) is 5.53. The van der Waals surface area contributed by atoms with Crippen LogP contribution in [0.1, 0.15) is 12.5 Å². The Morgan fingerprint density at radius 1 is 1.45 bits per heavy atom. The zero-order valence-corrected chi connectivity index (χ0v) is 12.8. The second kappa shape index (κ2) is 9.26. The molecule has 4 nitrogen and oxygen atoms in total. The zero-order chi connectivity index (χ0) is 14.8. The summed E-state index contributed by atoms with van der Waals surface area (Å²) in [5, 5.41) is 7.04. The molecule has 0 amide bonds. The molecule has 0 unspecified atom stereocenters. The summed E-state index contributed by atoms with van der Waals surface area (Å²) in [5.74, 6) is 1.56. The molecule has 5 heteroatoms. The number of halogens is 1. The van der Waals surface area contributed by atoms with Crippen LogP contribution in [0.4, 0.5) is 0 Å². The molecule has 0 aliphatic heterocycles. The quantitative estimate of drug-likeness (QED) is 0.462. The van der Waals surface area contributed by atoms with Crippen molar-refractivity contribution >= 4 is 17.6 Å². The van der Waals surface area contributed by atoms with Gasteiger partial charge in [0.05, 0.1) is 7.11 Å². The summed E-state index contributed by atoms with van der Waals surface area (Å²) in [7, 11) is 1.63. The molecule has 0 saturated heterocycles. The summed E-state index contributed by atoms with van der Waals surface area (Å²) in [4.78, 5) is 4.49. The molecule has 20 heavy (non-hydrogen) atoms. The third-order valence-corrected chi connectivity index (χ3v) is 3.02. The fourth-order valence-electron chi connectivity index (χ4n) is 1.66. The number of benzene rings is 1. The molecule has 0 fully saturated rings. The van der Waals surface area contributed by atoms with Gasteiger partial charge in [-0.3, -0.25) is 4.99 Å². The van der Waals surface area contributed by atoms with Gasteiger partial charge in [-0.25, -0.2) is 0 Å². The molecule has 1 aromatic carbocycles. The van der Waals surface area contributed by atoms with Gasteiger partial charge in [-0.1, -0.05) is 23.7 Å². The lowest BCUT2D eigenvalue weighted by Gasteiger charge is -2.10. The van der Waals surface area contributed by atoms with Crippen LogP contribution >= 0.6 is 11.6 Å². The molecule has 2 N–H and O–H groups in total. The standard InChI is InChI=1S/C15H22ClN3O/c1-4-9-18-15(17-5-2)19-10-8-12-6-7-13(20-3)11-14(12)16/h4,6-7,11H,1,5,8-10H2,2-3H3,(H2,17,18,19). The van der Waals surface area contributed by atoms with Crippen LogP contribution in [0.25, 0.3) is 0 Å². The minimum Gasteiger partial charge on any atom is -0.497 e. The normalized spacial score (nSPS) is 11.1. The second-order valence-electron chi connectivity index (χ2n) is 4.14. The van der Waals surface area contributed by atoms with Crippen LogP contribution in [-0.4, -0.2) is 32.7 Å². The number of guanidine groups is 1. The number of methoxy groups -OCH3 is 1. The highest BCUT2D eigenvalue weighted by molar-refractivity contribution is 6.31. The van der Waals surface area contributed by atoms with Crippen molar-refractivity contribution in [3.63, 3.8) is 0 Å². The summed E-state index contributed by atoms with van der Waals surface area (Å²) in [6.45, 7) is 7.89. The number of nitrogens with one attached hydrogen (secondary N) is 2. The fourth-order valence-corrected chi connectivity index (χ4v) is 1.92. The molecule has 0 saturated carbocycles. The van der Waals surface area contributed by atoms with Crippen LogP contribution in [0.2, 0.25) is 5.02 Å². The largest absolute Gasteiger partial charge is 0.497 e. The van der Waals surface area contributed by atoms with Gasteiger partial charge >= 0.3 is 0 Å². The first-order valence-electron chi connectivity index (χ1n) is 6.66. The Morgan fingerprint density at radius 3 is 2.85 bits per heavy atom. The molecule has 110 valence electrons. The van der Waals surface area contributed by atoms with E-state index in [-0.39, 0.29) is 0 Å². The Kier molecular flexibility index (Phi) is 7.58. The first-order valence-corrected chi connectivity index (χ1v) is 7.04. The summed E-state index contributed by atoms with van der Waals surface area (Å²) < 4.78 is 5.13. The molecule has 0 aliphatic carbocycles. The van der Waals surface area contributed by atoms with E-state index in [1.807, 2.05) is 25.1 Å². The van der Waals surface area contributed by atoms with Crippen molar-refractivity contribution in [2.24, 2.45) is 4.99 Å². The highest BCUT2D eigenvalue weighted by Crippen LogP contribution is 2.22. The van der Waals surface area contributed by atoms with Gasteiger partial charge in [-0.05, 0) is 31.0 Å². The second-order valence-corrected chi connectivity index (χ2v) is 4.54. The molecule has 0 spiro atoms.